The zero-order valence-electron chi connectivity index (χ0n) is 13.9. The molecule has 0 N–H and O–H groups in total. The molecule has 1 fully saturated rings. The standard InChI is InChI=1S/C17H20N6O/c1-12-11-19-13(2)17(20-12)24-14-5-8-22(9-6-14)16-4-3-15-18-7-10-23(15)21-16/h3-4,7,10-11,14H,5-6,8-9H2,1-2H3. The number of rotatable bonds is 3. The fraction of sp³-hybridized carbons (Fsp3) is 0.412. The molecule has 0 radical (unpaired) electrons. The molecule has 3 aromatic heterocycles. The van der Waals surface area contributed by atoms with Gasteiger partial charge in [-0.25, -0.2) is 14.5 Å². The predicted octanol–water partition coefficient (Wildman–Crippen LogP) is 2.18. The summed E-state index contributed by atoms with van der Waals surface area (Å²) in [5.74, 6) is 1.64. The summed E-state index contributed by atoms with van der Waals surface area (Å²) in [6.45, 7) is 5.69. The maximum Gasteiger partial charge on any atom is 0.235 e. The van der Waals surface area contributed by atoms with E-state index in [4.69, 9.17) is 4.74 Å². The van der Waals surface area contributed by atoms with E-state index in [1.54, 1.807) is 12.4 Å². The van der Waals surface area contributed by atoms with Crippen molar-refractivity contribution < 1.29 is 4.74 Å². The molecule has 1 saturated heterocycles. The fourth-order valence-corrected chi connectivity index (χ4v) is 2.96. The average Bonchev–Trinajstić information content (AvgIpc) is 3.06. The maximum absolute atomic E-state index is 6.07. The summed E-state index contributed by atoms with van der Waals surface area (Å²) in [5, 5.41) is 4.61. The summed E-state index contributed by atoms with van der Waals surface area (Å²) in [4.78, 5) is 15.3. The molecule has 1 aliphatic rings. The minimum Gasteiger partial charge on any atom is -0.473 e. The van der Waals surface area contributed by atoms with Crippen molar-refractivity contribution in [2.75, 3.05) is 18.0 Å². The molecule has 0 spiro atoms. The number of nitrogens with zero attached hydrogens (tertiary/aromatic N) is 6. The Labute approximate surface area is 140 Å². The summed E-state index contributed by atoms with van der Waals surface area (Å²) in [6, 6.07) is 4.02. The Hall–Kier alpha value is -2.70. The van der Waals surface area contributed by atoms with Gasteiger partial charge in [-0.1, -0.05) is 0 Å². The van der Waals surface area contributed by atoms with E-state index >= 15 is 0 Å². The highest BCUT2D eigenvalue weighted by molar-refractivity contribution is 5.46. The Balaban J connectivity index is 1.42. The fourth-order valence-electron chi connectivity index (χ4n) is 2.96. The molecular weight excluding hydrogens is 304 g/mol. The Kier molecular flexibility index (Phi) is 3.76. The van der Waals surface area contributed by atoms with Gasteiger partial charge >= 0.3 is 0 Å². The normalized spacial score (nSPS) is 15.8. The minimum atomic E-state index is 0.174. The number of aryl methyl sites for hydroxylation is 2. The number of ether oxygens (including phenoxy) is 1. The number of anilines is 1. The maximum atomic E-state index is 6.07. The van der Waals surface area contributed by atoms with E-state index in [0.717, 1.165) is 48.8 Å². The SMILES string of the molecule is Cc1cnc(C)c(OC2CCN(c3ccc4nccn4n3)CC2)n1. The number of imidazole rings is 1. The van der Waals surface area contributed by atoms with Crippen LogP contribution < -0.4 is 9.64 Å². The zero-order chi connectivity index (χ0) is 16.5. The van der Waals surface area contributed by atoms with Crippen LogP contribution in [0, 0.1) is 13.8 Å². The second-order valence-corrected chi connectivity index (χ2v) is 6.13. The van der Waals surface area contributed by atoms with Crippen LogP contribution in [0.25, 0.3) is 5.65 Å². The highest BCUT2D eigenvalue weighted by Gasteiger charge is 2.23. The number of hydrogen-bond acceptors (Lipinski definition) is 6. The molecule has 4 heterocycles. The third kappa shape index (κ3) is 2.89. The van der Waals surface area contributed by atoms with Gasteiger partial charge in [0.05, 0.1) is 11.4 Å². The molecule has 1 aliphatic heterocycles. The van der Waals surface area contributed by atoms with Gasteiger partial charge in [0.1, 0.15) is 11.9 Å². The first-order valence-corrected chi connectivity index (χ1v) is 8.21. The molecule has 0 saturated carbocycles. The van der Waals surface area contributed by atoms with Gasteiger partial charge in [0.2, 0.25) is 5.88 Å². The van der Waals surface area contributed by atoms with Crippen LogP contribution in [-0.4, -0.2) is 43.8 Å². The van der Waals surface area contributed by atoms with E-state index < -0.39 is 0 Å². The minimum absolute atomic E-state index is 0.174. The second-order valence-electron chi connectivity index (χ2n) is 6.13. The van der Waals surface area contributed by atoms with Gasteiger partial charge < -0.3 is 9.64 Å². The van der Waals surface area contributed by atoms with Crippen molar-refractivity contribution in [3.63, 3.8) is 0 Å². The van der Waals surface area contributed by atoms with Gasteiger partial charge in [0, 0.05) is 44.5 Å². The molecule has 24 heavy (non-hydrogen) atoms. The van der Waals surface area contributed by atoms with Crippen LogP contribution in [0.1, 0.15) is 24.2 Å². The molecule has 0 amide bonds. The molecular formula is C17H20N6O. The second kappa shape index (κ2) is 6.07. The van der Waals surface area contributed by atoms with Crippen molar-refractivity contribution in [1.82, 2.24) is 24.6 Å². The number of aromatic nitrogens is 5. The van der Waals surface area contributed by atoms with Crippen molar-refractivity contribution >= 4 is 11.5 Å². The van der Waals surface area contributed by atoms with Crippen molar-refractivity contribution in [3.05, 3.63) is 42.1 Å². The Morgan fingerprint density at radius 3 is 2.79 bits per heavy atom. The quantitative estimate of drug-likeness (QED) is 0.735. The van der Waals surface area contributed by atoms with Gasteiger partial charge in [-0.15, -0.1) is 5.10 Å². The van der Waals surface area contributed by atoms with Crippen LogP contribution in [0.5, 0.6) is 5.88 Å². The number of piperidine rings is 1. The average molecular weight is 324 g/mol. The molecule has 0 bridgehead atoms. The van der Waals surface area contributed by atoms with E-state index in [-0.39, 0.29) is 6.10 Å². The number of hydrogen-bond donors (Lipinski definition) is 0. The first-order chi connectivity index (χ1) is 11.7. The number of fused-ring (bicyclic) bond motifs is 1. The molecule has 4 rings (SSSR count). The van der Waals surface area contributed by atoms with Crippen LogP contribution >= 0.6 is 0 Å². The first-order valence-electron chi connectivity index (χ1n) is 8.21. The smallest absolute Gasteiger partial charge is 0.235 e. The topological polar surface area (TPSA) is 68.4 Å². The lowest BCUT2D eigenvalue weighted by Crippen LogP contribution is -2.39. The summed E-state index contributed by atoms with van der Waals surface area (Å²) >= 11 is 0. The first kappa shape index (κ1) is 14.9. The van der Waals surface area contributed by atoms with Crippen LogP contribution in [0.15, 0.2) is 30.7 Å². The van der Waals surface area contributed by atoms with E-state index in [1.165, 1.54) is 0 Å². The molecule has 0 aromatic carbocycles. The van der Waals surface area contributed by atoms with E-state index in [2.05, 4.69) is 25.0 Å². The van der Waals surface area contributed by atoms with E-state index in [0.29, 0.717) is 5.88 Å². The zero-order valence-corrected chi connectivity index (χ0v) is 13.9. The van der Waals surface area contributed by atoms with E-state index in [1.807, 2.05) is 36.7 Å². The molecule has 0 unspecified atom stereocenters. The van der Waals surface area contributed by atoms with Crippen molar-refractivity contribution in [2.45, 2.75) is 32.8 Å². The largest absolute Gasteiger partial charge is 0.473 e. The molecule has 7 heteroatoms. The third-order valence-electron chi connectivity index (χ3n) is 4.32. The van der Waals surface area contributed by atoms with Gasteiger partial charge in [-0.2, -0.15) is 0 Å². The lowest BCUT2D eigenvalue weighted by Gasteiger charge is -2.32. The third-order valence-corrected chi connectivity index (χ3v) is 4.32. The van der Waals surface area contributed by atoms with Gasteiger partial charge in [-0.05, 0) is 26.0 Å². The highest BCUT2D eigenvalue weighted by Crippen LogP contribution is 2.22. The van der Waals surface area contributed by atoms with Crippen molar-refractivity contribution in [1.29, 1.82) is 0 Å². The van der Waals surface area contributed by atoms with Crippen LogP contribution in [0.3, 0.4) is 0 Å². The Morgan fingerprint density at radius 2 is 1.96 bits per heavy atom. The molecule has 7 nitrogen and oxygen atoms in total. The Bertz CT molecular complexity index is 853. The molecule has 0 aliphatic carbocycles. The summed E-state index contributed by atoms with van der Waals surface area (Å²) in [7, 11) is 0. The van der Waals surface area contributed by atoms with Gasteiger partial charge in [0.15, 0.2) is 5.65 Å². The van der Waals surface area contributed by atoms with Crippen LogP contribution in [0.2, 0.25) is 0 Å². The monoisotopic (exact) mass is 324 g/mol. The molecule has 3 aromatic rings. The predicted molar refractivity (Wildman–Crippen MR) is 90.4 cm³/mol. The summed E-state index contributed by atoms with van der Waals surface area (Å²) in [5.41, 5.74) is 2.59. The van der Waals surface area contributed by atoms with Crippen LogP contribution in [0.4, 0.5) is 5.82 Å². The highest BCUT2D eigenvalue weighted by atomic mass is 16.5. The van der Waals surface area contributed by atoms with Gasteiger partial charge in [-0.3, -0.25) is 4.98 Å². The van der Waals surface area contributed by atoms with Crippen molar-refractivity contribution in [3.8, 4) is 5.88 Å². The molecule has 0 atom stereocenters. The molecule has 124 valence electrons. The summed E-state index contributed by atoms with van der Waals surface area (Å²) in [6.07, 6.45) is 7.46. The van der Waals surface area contributed by atoms with Gasteiger partial charge in [0.25, 0.3) is 0 Å². The summed E-state index contributed by atoms with van der Waals surface area (Å²) < 4.78 is 7.88. The van der Waals surface area contributed by atoms with E-state index in [9.17, 15) is 0 Å². The van der Waals surface area contributed by atoms with Crippen LogP contribution in [-0.2, 0) is 0 Å². The lowest BCUT2D eigenvalue weighted by molar-refractivity contribution is 0.161. The Morgan fingerprint density at radius 1 is 1.12 bits per heavy atom. The lowest BCUT2D eigenvalue weighted by atomic mass is 10.1. The van der Waals surface area contributed by atoms with Crippen molar-refractivity contribution in [2.24, 2.45) is 0 Å².